The molecule has 0 aliphatic rings. The number of esters is 4. The molecular weight excluding hydrogens is 1380 g/mol. The van der Waals surface area contributed by atoms with Crippen molar-refractivity contribution in [2.45, 2.75) is 484 Å². The predicted molar refractivity (Wildman–Crippen MR) is 437 cm³/mol. The minimum atomic E-state index is -4.97. The summed E-state index contributed by atoms with van der Waals surface area (Å²) >= 11 is 0. The molecule has 0 bridgehead atoms. The molecule has 0 aliphatic carbocycles. The zero-order valence-electron chi connectivity index (χ0n) is 69.7. The van der Waals surface area contributed by atoms with E-state index in [0.29, 0.717) is 25.7 Å². The van der Waals surface area contributed by atoms with Gasteiger partial charge in [-0.05, 0) is 37.5 Å². The van der Waals surface area contributed by atoms with E-state index in [1.54, 1.807) is 0 Å². The first-order valence-electron chi connectivity index (χ1n) is 45.0. The van der Waals surface area contributed by atoms with Crippen LogP contribution < -0.4 is 0 Å². The first-order valence-corrected chi connectivity index (χ1v) is 48.0. The molecule has 0 amide bonds. The van der Waals surface area contributed by atoms with Gasteiger partial charge in [-0.15, -0.1) is 0 Å². The van der Waals surface area contributed by atoms with Crippen molar-refractivity contribution in [3.05, 3.63) is 0 Å². The molecule has 0 aromatic heterocycles. The summed E-state index contributed by atoms with van der Waals surface area (Å²) < 4.78 is 68.9. The van der Waals surface area contributed by atoms with E-state index in [1.807, 2.05) is 0 Å². The summed E-state index contributed by atoms with van der Waals surface area (Å²) in [5, 5.41) is 10.7. The number of carbonyl (C=O) groups excluding carboxylic acids is 4. The third kappa shape index (κ3) is 78.7. The highest BCUT2D eigenvalue weighted by Gasteiger charge is 2.30. The molecular formula is C87H170O17P2. The summed E-state index contributed by atoms with van der Waals surface area (Å²) in [6.07, 6.45) is 70.7. The van der Waals surface area contributed by atoms with Crippen molar-refractivity contribution in [3.63, 3.8) is 0 Å². The van der Waals surface area contributed by atoms with Gasteiger partial charge in [0, 0.05) is 25.7 Å². The minimum Gasteiger partial charge on any atom is -0.462 e. The standard InChI is InChI=1S/C87H170O17P2/c1-7-10-12-14-16-18-20-21-22-28-35-41-47-53-59-65-71-86(91)103-82(75-97-84(89)69-63-57-51-45-37-19-17-15-13-11-8-2)77-101-105(93,94)99-73-81(88)74-100-106(95,96)102-78-83(76-98-85(90)70-64-58-52-46-40-34-31-30-32-38-43-49-55-61-67-79(4)5)104-87(92)72-66-60-54-48-42-36-29-26-24-23-25-27-33-39-44-50-56-62-68-80(6)9-3/h79-83,88H,7-78H2,1-6H3,(H,93,94)(H,95,96)/t80?,81-,82+,83+/m0/s1. The van der Waals surface area contributed by atoms with Crippen LogP contribution in [0.3, 0.4) is 0 Å². The van der Waals surface area contributed by atoms with Crippen LogP contribution in [-0.2, 0) is 65.4 Å². The fourth-order valence-corrected chi connectivity index (χ4v) is 15.1. The van der Waals surface area contributed by atoms with Crippen molar-refractivity contribution < 1.29 is 80.2 Å². The van der Waals surface area contributed by atoms with E-state index in [2.05, 4.69) is 41.5 Å². The van der Waals surface area contributed by atoms with Gasteiger partial charge in [-0.2, -0.15) is 0 Å². The molecule has 19 heteroatoms. The maximum absolute atomic E-state index is 13.2. The van der Waals surface area contributed by atoms with Gasteiger partial charge in [0.1, 0.15) is 19.3 Å². The monoisotopic (exact) mass is 1550 g/mol. The van der Waals surface area contributed by atoms with Gasteiger partial charge in [-0.25, -0.2) is 9.13 Å². The van der Waals surface area contributed by atoms with E-state index < -0.39 is 97.5 Å². The largest absolute Gasteiger partial charge is 0.472 e. The lowest BCUT2D eigenvalue weighted by molar-refractivity contribution is -0.161. The van der Waals surface area contributed by atoms with Gasteiger partial charge in [0.05, 0.1) is 26.4 Å². The molecule has 17 nitrogen and oxygen atoms in total. The zero-order valence-corrected chi connectivity index (χ0v) is 71.5. The Bertz CT molecular complexity index is 2030. The Morgan fingerprint density at radius 1 is 0.274 bits per heavy atom. The summed E-state index contributed by atoms with van der Waals surface area (Å²) in [7, 11) is -9.93. The number of rotatable bonds is 86. The topological polar surface area (TPSA) is 237 Å². The molecule has 0 aromatic rings. The van der Waals surface area contributed by atoms with E-state index in [1.165, 1.54) is 283 Å². The van der Waals surface area contributed by atoms with Crippen LogP contribution in [0.5, 0.6) is 0 Å². The molecule has 3 N–H and O–H groups in total. The van der Waals surface area contributed by atoms with Crippen LogP contribution in [0.1, 0.15) is 465 Å². The van der Waals surface area contributed by atoms with Crippen molar-refractivity contribution in [3.8, 4) is 0 Å². The van der Waals surface area contributed by atoms with Crippen molar-refractivity contribution in [2.24, 2.45) is 11.8 Å². The number of unbranched alkanes of at least 4 members (excludes halogenated alkanes) is 55. The van der Waals surface area contributed by atoms with Gasteiger partial charge in [0.15, 0.2) is 12.2 Å². The van der Waals surface area contributed by atoms with Gasteiger partial charge < -0.3 is 33.8 Å². The lowest BCUT2D eigenvalue weighted by Gasteiger charge is -2.21. The molecule has 0 aromatic carbocycles. The highest BCUT2D eigenvalue weighted by molar-refractivity contribution is 7.47. The summed E-state index contributed by atoms with van der Waals surface area (Å²) in [6.45, 7) is 9.77. The third-order valence-electron chi connectivity index (χ3n) is 20.8. The maximum Gasteiger partial charge on any atom is 0.472 e. The molecule has 0 heterocycles. The van der Waals surface area contributed by atoms with Gasteiger partial charge in [0.25, 0.3) is 0 Å². The molecule has 106 heavy (non-hydrogen) atoms. The molecule has 630 valence electrons. The highest BCUT2D eigenvalue weighted by atomic mass is 31.2. The molecule has 0 spiro atoms. The average molecular weight is 1550 g/mol. The van der Waals surface area contributed by atoms with Crippen LogP contribution in [0, 0.1) is 11.8 Å². The Morgan fingerprint density at radius 2 is 0.481 bits per heavy atom. The normalized spacial score (nSPS) is 14.1. The van der Waals surface area contributed by atoms with Crippen LogP contribution in [0.4, 0.5) is 0 Å². The van der Waals surface area contributed by atoms with E-state index >= 15 is 0 Å². The van der Waals surface area contributed by atoms with Crippen molar-refractivity contribution in [1.82, 2.24) is 0 Å². The van der Waals surface area contributed by atoms with Crippen LogP contribution in [-0.4, -0.2) is 96.7 Å². The number of hydrogen-bond acceptors (Lipinski definition) is 15. The first kappa shape index (κ1) is 104. The molecule has 3 unspecified atom stereocenters. The predicted octanol–water partition coefficient (Wildman–Crippen LogP) is 26.6. The van der Waals surface area contributed by atoms with E-state index in [-0.39, 0.29) is 25.7 Å². The second-order valence-electron chi connectivity index (χ2n) is 32.0. The van der Waals surface area contributed by atoms with Gasteiger partial charge in [-0.3, -0.25) is 37.3 Å². The summed E-state index contributed by atoms with van der Waals surface area (Å²) in [4.78, 5) is 73.3. The van der Waals surface area contributed by atoms with E-state index in [9.17, 15) is 43.2 Å². The molecule has 0 rings (SSSR count). The van der Waals surface area contributed by atoms with Crippen LogP contribution in [0.25, 0.3) is 0 Å². The van der Waals surface area contributed by atoms with Crippen molar-refractivity contribution in [2.75, 3.05) is 39.6 Å². The molecule has 0 saturated carbocycles. The second kappa shape index (κ2) is 78.3. The lowest BCUT2D eigenvalue weighted by atomic mass is 9.99. The van der Waals surface area contributed by atoms with E-state index in [4.69, 9.17) is 37.0 Å². The Labute approximate surface area is 651 Å². The number of aliphatic hydroxyl groups excluding tert-OH is 1. The molecule has 6 atom stereocenters. The Kier molecular flexibility index (Phi) is 76.9. The third-order valence-corrected chi connectivity index (χ3v) is 22.7. The molecule has 0 saturated heterocycles. The highest BCUT2D eigenvalue weighted by Crippen LogP contribution is 2.45. The lowest BCUT2D eigenvalue weighted by Crippen LogP contribution is -2.30. The minimum absolute atomic E-state index is 0.109. The first-order chi connectivity index (χ1) is 51.4. The second-order valence-corrected chi connectivity index (χ2v) is 34.9. The molecule has 0 aliphatic heterocycles. The van der Waals surface area contributed by atoms with Gasteiger partial charge in [0.2, 0.25) is 0 Å². The number of hydrogen-bond donors (Lipinski definition) is 3. The average Bonchev–Trinajstić information content (AvgIpc) is 0.901. The molecule has 0 fully saturated rings. The Balaban J connectivity index is 5.23. The fourth-order valence-electron chi connectivity index (χ4n) is 13.6. The van der Waals surface area contributed by atoms with Crippen LogP contribution in [0.15, 0.2) is 0 Å². The number of carbonyl (C=O) groups is 4. The maximum atomic E-state index is 13.2. The van der Waals surface area contributed by atoms with Gasteiger partial charge in [-0.1, -0.05) is 414 Å². The summed E-state index contributed by atoms with van der Waals surface area (Å²) in [5.41, 5.74) is 0. The number of phosphoric acid groups is 2. The SMILES string of the molecule is CCCCCCCCCCCCCCCCCCC(=O)O[C@H](COC(=O)CCCCCCCCCCCCC)COP(=O)(O)OC[C@H](O)COP(=O)(O)OC[C@@H](COC(=O)CCCCCCCCCCCCCCCCC(C)C)OC(=O)CCCCCCCCCCCCCCCCCCCCC(C)CC. The number of phosphoric ester groups is 2. The zero-order chi connectivity index (χ0) is 77.8. The number of ether oxygens (including phenoxy) is 4. The summed E-state index contributed by atoms with van der Waals surface area (Å²) in [5.74, 6) is -0.429. The summed E-state index contributed by atoms with van der Waals surface area (Å²) in [6, 6.07) is 0. The fraction of sp³-hybridized carbons (Fsp3) is 0.954. The quantitative estimate of drug-likeness (QED) is 0.0222. The Morgan fingerprint density at radius 3 is 0.717 bits per heavy atom. The van der Waals surface area contributed by atoms with E-state index in [0.717, 1.165) is 102 Å². The smallest absolute Gasteiger partial charge is 0.462 e. The van der Waals surface area contributed by atoms with Crippen LogP contribution >= 0.6 is 15.6 Å². The van der Waals surface area contributed by atoms with Crippen molar-refractivity contribution in [1.29, 1.82) is 0 Å². The number of aliphatic hydroxyl groups is 1. The van der Waals surface area contributed by atoms with Crippen molar-refractivity contribution >= 4 is 39.5 Å². The van der Waals surface area contributed by atoms with Gasteiger partial charge >= 0.3 is 39.5 Å². The van der Waals surface area contributed by atoms with Crippen LogP contribution in [0.2, 0.25) is 0 Å². The molecule has 0 radical (unpaired) electrons. The Hall–Kier alpha value is -1.94.